The van der Waals surface area contributed by atoms with Crippen LogP contribution in [0.3, 0.4) is 0 Å². The van der Waals surface area contributed by atoms with E-state index in [4.69, 9.17) is 11.6 Å². The van der Waals surface area contributed by atoms with Crippen molar-refractivity contribution in [1.82, 2.24) is 5.32 Å². The average molecular weight is 374 g/mol. The summed E-state index contributed by atoms with van der Waals surface area (Å²) in [6.07, 6.45) is 0. The molecule has 3 nitrogen and oxygen atoms in total. The predicted molar refractivity (Wildman–Crippen MR) is 88.5 cm³/mol. The zero-order chi connectivity index (χ0) is 14.5. The first-order valence-electron chi connectivity index (χ1n) is 6.08. The second-order valence-corrected chi connectivity index (χ2v) is 6.97. The fraction of sp³-hybridized carbons (Fsp3) is 0.214. The molecule has 0 saturated heterocycles. The van der Waals surface area contributed by atoms with E-state index in [0.29, 0.717) is 0 Å². The summed E-state index contributed by atoms with van der Waals surface area (Å²) in [5, 5.41) is 6.02. The summed E-state index contributed by atoms with van der Waals surface area (Å²) in [5.41, 5.74) is 0.776. The van der Waals surface area contributed by atoms with E-state index < -0.39 is 0 Å². The lowest BCUT2D eigenvalue weighted by atomic mass is 10.2. The zero-order valence-corrected chi connectivity index (χ0v) is 14.0. The predicted octanol–water partition coefficient (Wildman–Crippen LogP) is 4.45. The fourth-order valence-corrected chi connectivity index (χ4v) is 3.17. The van der Waals surface area contributed by atoms with Gasteiger partial charge in [0.2, 0.25) is 5.91 Å². The third-order valence-corrected chi connectivity index (χ3v) is 4.61. The molecule has 1 unspecified atom stereocenters. The summed E-state index contributed by atoms with van der Waals surface area (Å²) in [7, 11) is 0. The maximum Gasteiger partial charge on any atom is 0.238 e. The first-order valence-corrected chi connectivity index (χ1v) is 8.07. The van der Waals surface area contributed by atoms with E-state index in [9.17, 15) is 4.79 Å². The minimum Gasteiger partial charge on any atom is -0.325 e. The second kappa shape index (κ2) is 7.22. The maximum atomic E-state index is 11.9. The highest BCUT2D eigenvalue weighted by Crippen LogP contribution is 2.26. The number of anilines is 1. The molecule has 20 heavy (non-hydrogen) atoms. The first kappa shape index (κ1) is 15.5. The quantitative estimate of drug-likeness (QED) is 0.813. The summed E-state index contributed by atoms with van der Waals surface area (Å²) in [4.78, 5) is 13.0. The summed E-state index contributed by atoms with van der Waals surface area (Å²) in [6, 6.07) is 11.4. The Morgan fingerprint density at radius 3 is 2.85 bits per heavy atom. The molecule has 0 fully saturated rings. The number of carbonyl (C=O) groups is 1. The number of hydrogen-bond acceptors (Lipinski definition) is 3. The van der Waals surface area contributed by atoms with Crippen molar-refractivity contribution in [3.8, 4) is 0 Å². The normalized spacial score (nSPS) is 12.2. The molecule has 2 aromatic rings. The van der Waals surface area contributed by atoms with Crippen LogP contribution in [-0.4, -0.2) is 12.5 Å². The molecule has 0 aliphatic carbocycles. The Morgan fingerprint density at radius 2 is 2.20 bits per heavy atom. The SMILES string of the molecule is CC(NCC(=O)Nc1cccc(Br)c1)c1ccc(Cl)s1. The number of thiophene rings is 1. The summed E-state index contributed by atoms with van der Waals surface area (Å²) in [5.74, 6) is -0.0717. The van der Waals surface area contributed by atoms with Gasteiger partial charge in [0, 0.05) is 21.1 Å². The standard InChI is InChI=1S/C14H14BrClN2OS/c1-9(12-5-6-13(16)20-12)17-8-14(19)18-11-4-2-3-10(15)7-11/h2-7,9,17H,8H2,1H3,(H,18,19). The van der Waals surface area contributed by atoms with E-state index in [-0.39, 0.29) is 18.5 Å². The van der Waals surface area contributed by atoms with E-state index in [1.807, 2.05) is 43.3 Å². The molecule has 0 aliphatic rings. The summed E-state index contributed by atoms with van der Waals surface area (Å²) >= 11 is 10.8. The van der Waals surface area contributed by atoms with Gasteiger partial charge in [-0.1, -0.05) is 33.6 Å². The van der Waals surface area contributed by atoms with Gasteiger partial charge in [-0.3, -0.25) is 4.79 Å². The highest BCUT2D eigenvalue weighted by atomic mass is 79.9. The number of hydrogen-bond donors (Lipinski definition) is 2. The molecule has 0 aliphatic heterocycles. The Labute approximate surface area is 135 Å². The van der Waals surface area contributed by atoms with E-state index >= 15 is 0 Å². The fourth-order valence-electron chi connectivity index (χ4n) is 1.68. The Morgan fingerprint density at radius 1 is 1.40 bits per heavy atom. The highest BCUT2D eigenvalue weighted by Gasteiger charge is 2.10. The molecule has 1 amide bonds. The molecule has 1 heterocycles. The Bertz CT molecular complexity index is 602. The van der Waals surface area contributed by atoms with Crippen molar-refractivity contribution >= 4 is 50.5 Å². The van der Waals surface area contributed by atoms with Crippen molar-refractivity contribution in [2.45, 2.75) is 13.0 Å². The van der Waals surface area contributed by atoms with Crippen molar-refractivity contribution in [1.29, 1.82) is 0 Å². The van der Waals surface area contributed by atoms with Gasteiger partial charge in [-0.2, -0.15) is 0 Å². The molecular formula is C14H14BrClN2OS. The topological polar surface area (TPSA) is 41.1 Å². The van der Waals surface area contributed by atoms with Crippen molar-refractivity contribution in [2.24, 2.45) is 0 Å². The van der Waals surface area contributed by atoms with Crippen LogP contribution in [0.2, 0.25) is 4.34 Å². The maximum absolute atomic E-state index is 11.9. The van der Waals surface area contributed by atoms with Gasteiger partial charge in [-0.15, -0.1) is 11.3 Å². The van der Waals surface area contributed by atoms with Crippen LogP contribution in [0.25, 0.3) is 0 Å². The van der Waals surface area contributed by atoms with E-state index in [1.165, 1.54) is 11.3 Å². The number of amides is 1. The zero-order valence-electron chi connectivity index (χ0n) is 10.8. The molecule has 6 heteroatoms. The Hall–Kier alpha value is -0.880. The van der Waals surface area contributed by atoms with Crippen LogP contribution >= 0.6 is 38.9 Å². The number of rotatable bonds is 5. The van der Waals surface area contributed by atoms with Crippen molar-refractivity contribution in [3.05, 3.63) is 50.1 Å². The third kappa shape index (κ3) is 4.59. The van der Waals surface area contributed by atoms with Crippen LogP contribution in [0.1, 0.15) is 17.8 Å². The molecule has 0 spiro atoms. The van der Waals surface area contributed by atoms with Crippen LogP contribution in [0, 0.1) is 0 Å². The molecule has 106 valence electrons. The number of benzene rings is 1. The molecular weight excluding hydrogens is 360 g/mol. The number of carbonyl (C=O) groups excluding carboxylic acids is 1. The molecule has 0 radical (unpaired) electrons. The van der Waals surface area contributed by atoms with Gasteiger partial charge in [0.15, 0.2) is 0 Å². The smallest absolute Gasteiger partial charge is 0.238 e. The number of nitrogens with one attached hydrogen (secondary N) is 2. The van der Waals surface area contributed by atoms with Gasteiger partial charge in [-0.05, 0) is 37.3 Å². The van der Waals surface area contributed by atoms with Gasteiger partial charge >= 0.3 is 0 Å². The summed E-state index contributed by atoms with van der Waals surface area (Å²) < 4.78 is 1.69. The van der Waals surface area contributed by atoms with Crippen molar-refractivity contribution in [3.63, 3.8) is 0 Å². The van der Waals surface area contributed by atoms with Gasteiger partial charge < -0.3 is 10.6 Å². The molecule has 0 saturated carbocycles. The van der Waals surface area contributed by atoms with Gasteiger partial charge in [0.05, 0.1) is 10.9 Å². The molecule has 2 N–H and O–H groups in total. The van der Waals surface area contributed by atoms with E-state index in [1.54, 1.807) is 0 Å². The van der Waals surface area contributed by atoms with Crippen LogP contribution in [0.5, 0.6) is 0 Å². The first-order chi connectivity index (χ1) is 9.54. The van der Waals surface area contributed by atoms with Crippen LogP contribution in [-0.2, 0) is 4.79 Å². The second-order valence-electron chi connectivity index (χ2n) is 4.30. The lowest BCUT2D eigenvalue weighted by Gasteiger charge is -2.12. The third-order valence-electron chi connectivity index (χ3n) is 2.70. The highest BCUT2D eigenvalue weighted by molar-refractivity contribution is 9.10. The van der Waals surface area contributed by atoms with Gasteiger partial charge in [-0.25, -0.2) is 0 Å². The molecule has 1 aromatic carbocycles. The van der Waals surface area contributed by atoms with Crippen molar-refractivity contribution < 1.29 is 4.79 Å². The van der Waals surface area contributed by atoms with Crippen LogP contribution < -0.4 is 10.6 Å². The van der Waals surface area contributed by atoms with Crippen LogP contribution in [0.4, 0.5) is 5.69 Å². The van der Waals surface area contributed by atoms with Gasteiger partial charge in [0.25, 0.3) is 0 Å². The van der Waals surface area contributed by atoms with Gasteiger partial charge in [0.1, 0.15) is 0 Å². The Kier molecular flexibility index (Phi) is 5.60. The largest absolute Gasteiger partial charge is 0.325 e. The molecule has 1 aromatic heterocycles. The summed E-state index contributed by atoms with van der Waals surface area (Å²) in [6.45, 7) is 2.26. The lowest BCUT2D eigenvalue weighted by Crippen LogP contribution is -2.29. The van der Waals surface area contributed by atoms with E-state index in [2.05, 4.69) is 26.6 Å². The van der Waals surface area contributed by atoms with E-state index in [0.717, 1.165) is 19.4 Å². The minimum atomic E-state index is -0.0717. The van der Waals surface area contributed by atoms with Crippen molar-refractivity contribution in [2.75, 3.05) is 11.9 Å². The lowest BCUT2D eigenvalue weighted by molar-refractivity contribution is -0.115. The number of halogens is 2. The molecule has 0 bridgehead atoms. The minimum absolute atomic E-state index is 0.0717. The molecule has 2 rings (SSSR count). The van der Waals surface area contributed by atoms with Crippen LogP contribution in [0.15, 0.2) is 40.9 Å². The monoisotopic (exact) mass is 372 g/mol. The Balaban J connectivity index is 1.83. The molecule has 1 atom stereocenters. The average Bonchev–Trinajstić information content (AvgIpc) is 2.83.